The maximum Gasteiger partial charge on any atom is 0.353 e. The lowest BCUT2D eigenvalue weighted by molar-refractivity contribution is -0.134. The zero-order valence-electron chi connectivity index (χ0n) is 16.4. The number of nitrogens with one attached hydrogen (secondary N) is 1. The fourth-order valence-electron chi connectivity index (χ4n) is 2.07. The molecule has 0 heterocycles. The smallest absolute Gasteiger partial charge is 0.353 e. The van der Waals surface area contributed by atoms with E-state index in [1.165, 1.54) is 18.1 Å². The van der Waals surface area contributed by atoms with Crippen molar-refractivity contribution in [1.29, 1.82) is 0 Å². The zero-order valence-corrected chi connectivity index (χ0v) is 17.2. The van der Waals surface area contributed by atoms with Crippen molar-refractivity contribution >= 4 is 22.7 Å². The molecule has 0 aliphatic heterocycles. The summed E-state index contributed by atoms with van der Waals surface area (Å²) in [4.78, 5) is 21.9. The summed E-state index contributed by atoms with van der Waals surface area (Å²) in [6, 6.07) is 0. The van der Waals surface area contributed by atoms with Crippen molar-refractivity contribution in [3.05, 3.63) is 46.1 Å². The van der Waals surface area contributed by atoms with Crippen molar-refractivity contribution in [3.8, 4) is 0 Å². The van der Waals surface area contributed by atoms with E-state index in [1.54, 1.807) is 0 Å². The molecule has 0 saturated heterocycles. The predicted molar refractivity (Wildman–Crippen MR) is 108 cm³/mol. The molecule has 0 aromatic carbocycles. The van der Waals surface area contributed by atoms with E-state index < -0.39 is 22.7 Å². The van der Waals surface area contributed by atoms with E-state index in [1.807, 2.05) is 13.0 Å². The quantitative estimate of drug-likeness (QED) is 0.415. The molecule has 0 aliphatic carbocycles. The van der Waals surface area contributed by atoms with E-state index in [0.29, 0.717) is 0 Å². The van der Waals surface area contributed by atoms with Gasteiger partial charge in [0, 0.05) is 18.1 Å². The molecule has 0 aliphatic rings. The summed E-state index contributed by atoms with van der Waals surface area (Å²) in [6.07, 6.45) is 10.2. The SMILES string of the molecule is CC(=O)N/C(=C\S(=O)C/C=C(\C)CC/C=C(\C)CCC=C(C)C)C(=O)O. The molecule has 1 amide bonds. The Morgan fingerprint density at radius 1 is 0.923 bits per heavy atom. The average Bonchev–Trinajstić information content (AvgIpc) is 2.51. The van der Waals surface area contributed by atoms with E-state index in [4.69, 9.17) is 5.11 Å². The van der Waals surface area contributed by atoms with E-state index in [-0.39, 0.29) is 11.4 Å². The van der Waals surface area contributed by atoms with Gasteiger partial charge in [0.1, 0.15) is 5.70 Å². The molecule has 0 aromatic rings. The second kappa shape index (κ2) is 13.3. The molecule has 6 heteroatoms. The average molecular weight is 382 g/mol. The normalized spacial score (nSPS) is 14.0. The van der Waals surface area contributed by atoms with Gasteiger partial charge in [-0.05, 0) is 53.4 Å². The number of allylic oxidation sites excluding steroid dienone is 5. The first-order valence-electron chi connectivity index (χ1n) is 8.66. The number of carboxylic acid groups (broad SMARTS) is 1. The van der Waals surface area contributed by atoms with Gasteiger partial charge < -0.3 is 10.4 Å². The van der Waals surface area contributed by atoms with Crippen LogP contribution in [-0.2, 0) is 20.4 Å². The van der Waals surface area contributed by atoms with Crippen molar-refractivity contribution in [2.45, 2.75) is 60.3 Å². The Labute approximate surface area is 159 Å². The molecule has 0 spiro atoms. The van der Waals surface area contributed by atoms with Crippen molar-refractivity contribution in [2.75, 3.05) is 5.75 Å². The van der Waals surface area contributed by atoms with Gasteiger partial charge in [-0.25, -0.2) is 4.79 Å². The highest BCUT2D eigenvalue weighted by atomic mass is 32.2. The minimum Gasteiger partial charge on any atom is -0.477 e. The molecule has 0 bridgehead atoms. The summed E-state index contributed by atoms with van der Waals surface area (Å²) in [6.45, 7) is 9.51. The molecule has 0 fully saturated rings. The molecule has 1 unspecified atom stereocenters. The lowest BCUT2D eigenvalue weighted by atomic mass is 10.1. The fourth-order valence-corrected chi connectivity index (χ4v) is 3.03. The summed E-state index contributed by atoms with van der Waals surface area (Å²) >= 11 is 0. The monoisotopic (exact) mass is 381 g/mol. The zero-order chi connectivity index (χ0) is 20.1. The predicted octanol–water partition coefficient (Wildman–Crippen LogP) is 4.22. The van der Waals surface area contributed by atoms with E-state index in [9.17, 15) is 13.8 Å². The molecule has 0 saturated carbocycles. The third-order valence-corrected chi connectivity index (χ3v) is 4.50. The molecule has 0 radical (unpaired) electrons. The second-order valence-electron chi connectivity index (χ2n) is 6.53. The molecule has 0 aromatic heterocycles. The van der Waals surface area contributed by atoms with Gasteiger partial charge in [-0.2, -0.15) is 0 Å². The molecule has 1 atom stereocenters. The Kier molecular flexibility index (Phi) is 12.3. The second-order valence-corrected chi connectivity index (χ2v) is 7.86. The maximum atomic E-state index is 12.0. The van der Waals surface area contributed by atoms with Crippen LogP contribution in [0.2, 0.25) is 0 Å². The van der Waals surface area contributed by atoms with E-state index in [2.05, 4.69) is 38.2 Å². The summed E-state index contributed by atoms with van der Waals surface area (Å²) in [5.41, 5.74) is 3.46. The summed E-state index contributed by atoms with van der Waals surface area (Å²) in [5, 5.41) is 12.2. The molecular formula is C20H31NO4S. The van der Waals surface area contributed by atoms with Crippen LogP contribution in [0.4, 0.5) is 0 Å². The van der Waals surface area contributed by atoms with Gasteiger partial charge in [0.15, 0.2) is 0 Å². The third kappa shape index (κ3) is 13.4. The van der Waals surface area contributed by atoms with Gasteiger partial charge in [-0.15, -0.1) is 0 Å². The number of amides is 1. The Morgan fingerprint density at radius 2 is 1.46 bits per heavy atom. The van der Waals surface area contributed by atoms with Crippen LogP contribution in [0.5, 0.6) is 0 Å². The topological polar surface area (TPSA) is 83.5 Å². The van der Waals surface area contributed by atoms with Crippen molar-refractivity contribution < 1.29 is 18.9 Å². The number of hydrogen-bond donors (Lipinski definition) is 2. The van der Waals surface area contributed by atoms with E-state index >= 15 is 0 Å². The first-order valence-corrected chi connectivity index (χ1v) is 10.0. The van der Waals surface area contributed by atoms with Gasteiger partial charge in [-0.3, -0.25) is 9.00 Å². The molecule has 5 nitrogen and oxygen atoms in total. The summed E-state index contributed by atoms with van der Waals surface area (Å²) in [7, 11) is -1.49. The van der Waals surface area contributed by atoms with Crippen LogP contribution in [0.3, 0.4) is 0 Å². The van der Waals surface area contributed by atoms with Crippen LogP contribution in [0.1, 0.15) is 60.3 Å². The highest BCUT2D eigenvalue weighted by Crippen LogP contribution is 2.11. The van der Waals surface area contributed by atoms with Gasteiger partial charge in [0.25, 0.3) is 0 Å². The van der Waals surface area contributed by atoms with Gasteiger partial charge in [0.2, 0.25) is 5.91 Å². The van der Waals surface area contributed by atoms with Gasteiger partial charge >= 0.3 is 5.97 Å². The van der Waals surface area contributed by atoms with Crippen LogP contribution >= 0.6 is 0 Å². The molecule has 0 rings (SSSR count). The fraction of sp³-hybridized carbons (Fsp3) is 0.500. The third-order valence-electron chi connectivity index (χ3n) is 3.51. The standard InChI is InChI=1S/C20H31NO4S/c1-15(2)8-6-9-16(3)10-7-11-17(4)12-13-26(25)14-19(20(23)24)21-18(5)22/h8,10,12,14H,6-7,9,11,13H2,1-5H3,(H,21,22)(H,23,24)/b16-10+,17-12+,19-14-. The Morgan fingerprint density at radius 3 is 1.96 bits per heavy atom. The van der Waals surface area contributed by atoms with Crippen molar-refractivity contribution in [1.82, 2.24) is 5.32 Å². The number of carboxylic acids is 1. The van der Waals surface area contributed by atoms with Crippen LogP contribution in [0.25, 0.3) is 0 Å². The molecule has 2 N–H and O–H groups in total. The minimum atomic E-state index is -1.49. The van der Waals surface area contributed by atoms with Gasteiger partial charge in [0.05, 0.1) is 10.8 Å². The number of carbonyl (C=O) groups is 2. The Hall–Kier alpha value is -1.95. The highest BCUT2D eigenvalue weighted by molar-refractivity contribution is 7.88. The largest absolute Gasteiger partial charge is 0.477 e. The number of rotatable bonds is 11. The lowest BCUT2D eigenvalue weighted by Crippen LogP contribution is -2.25. The highest BCUT2D eigenvalue weighted by Gasteiger charge is 2.10. The molecule has 26 heavy (non-hydrogen) atoms. The maximum absolute atomic E-state index is 12.0. The summed E-state index contributed by atoms with van der Waals surface area (Å²) < 4.78 is 12.0. The first kappa shape index (κ1) is 24.1. The van der Waals surface area contributed by atoms with Gasteiger partial charge in [-0.1, -0.05) is 34.9 Å². The van der Waals surface area contributed by atoms with Crippen LogP contribution in [0, 0.1) is 0 Å². The van der Waals surface area contributed by atoms with E-state index in [0.717, 1.165) is 36.7 Å². The van der Waals surface area contributed by atoms with Crippen LogP contribution in [0.15, 0.2) is 46.1 Å². The van der Waals surface area contributed by atoms with Crippen LogP contribution in [-0.4, -0.2) is 26.9 Å². The van der Waals surface area contributed by atoms with Crippen molar-refractivity contribution in [3.63, 3.8) is 0 Å². The Bertz CT molecular complexity index is 638. The number of carbonyl (C=O) groups excluding carboxylic acids is 1. The van der Waals surface area contributed by atoms with Crippen LogP contribution < -0.4 is 5.32 Å². The number of aliphatic carboxylic acids is 1. The molecule has 146 valence electrons. The molecular weight excluding hydrogens is 350 g/mol. The van der Waals surface area contributed by atoms with Crippen molar-refractivity contribution in [2.24, 2.45) is 0 Å². The minimum absolute atomic E-state index is 0.228. The first-order chi connectivity index (χ1) is 12.1. The number of hydrogen-bond acceptors (Lipinski definition) is 3. The summed E-state index contributed by atoms with van der Waals surface area (Å²) in [5.74, 6) is -1.58. The lowest BCUT2D eigenvalue weighted by Gasteiger charge is -2.03. The Balaban J connectivity index is 4.47.